The maximum Gasteiger partial charge on any atom is 0.243 e. The van der Waals surface area contributed by atoms with Crippen LogP contribution in [0.3, 0.4) is 0 Å². The molecule has 5 nitrogen and oxygen atoms in total. The van der Waals surface area contributed by atoms with Crippen molar-refractivity contribution >= 4 is 10.0 Å². The van der Waals surface area contributed by atoms with E-state index in [-0.39, 0.29) is 17.0 Å². The lowest BCUT2D eigenvalue weighted by molar-refractivity contribution is 0.0768. The fraction of sp³-hybridized carbons (Fsp3) is 0.533. The van der Waals surface area contributed by atoms with E-state index >= 15 is 0 Å². The standard InChI is InChI=1S/C15H18N2O3S/c1-10-6-11(9-16)2-5-15(10)21(19,20)17-12-3-4-13(17)8-14(18)7-12/h2,5-6,12-14,18H,3-4,7-8H2,1H3. The third-order valence-corrected chi connectivity index (χ3v) is 6.67. The molecular formula is C15H18N2O3S. The zero-order valence-electron chi connectivity index (χ0n) is 11.9. The zero-order chi connectivity index (χ0) is 15.2. The second-order valence-electron chi connectivity index (χ2n) is 5.94. The lowest BCUT2D eigenvalue weighted by atomic mass is 10.0. The van der Waals surface area contributed by atoms with Gasteiger partial charge in [-0.1, -0.05) is 0 Å². The minimum Gasteiger partial charge on any atom is -0.393 e. The van der Waals surface area contributed by atoms with Gasteiger partial charge in [0.15, 0.2) is 0 Å². The van der Waals surface area contributed by atoms with Gasteiger partial charge >= 0.3 is 0 Å². The van der Waals surface area contributed by atoms with Crippen LogP contribution in [-0.4, -0.2) is 36.0 Å². The fourth-order valence-electron chi connectivity index (χ4n) is 3.62. The quantitative estimate of drug-likeness (QED) is 0.898. The predicted octanol–water partition coefficient (Wildman–Crippen LogP) is 1.54. The molecule has 2 saturated heterocycles. The van der Waals surface area contributed by atoms with Gasteiger partial charge in [-0.3, -0.25) is 0 Å². The van der Waals surface area contributed by atoms with Gasteiger partial charge in [0.05, 0.1) is 22.6 Å². The summed E-state index contributed by atoms with van der Waals surface area (Å²) < 4.78 is 27.5. The average molecular weight is 306 g/mol. The molecular weight excluding hydrogens is 288 g/mol. The predicted molar refractivity (Wildman–Crippen MR) is 77.0 cm³/mol. The maximum absolute atomic E-state index is 12.9. The number of piperidine rings is 1. The summed E-state index contributed by atoms with van der Waals surface area (Å²) in [6.07, 6.45) is 2.28. The van der Waals surface area contributed by atoms with Crippen LogP contribution in [0.5, 0.6) is 0 Å². The first-order valence-electron chi connectivity index (χ1n) is 7.16. The number of nitrogens with zero attached hydrogens (tertiary/aromatic N) is 2. The van der Waals surface area contributed by atoms with E-state index in [4.69, 9.17) is 5.26 Å². The molecule has 2 bridgehead atoms. The molecule has 0 aliphatic carbocycles. The topological polar surface area (TPSA) is 81.4 Å². The molecule has 1 aromatic rings. The van der Waals surface area contributed by atoms with Crippen molar-refractivity contribution in [2.24, 2.45) is 0 Å². The van der Waals surface area contributed by atoms with E-state index in [1.54, 1.807) is 23.4 Å². The Labute approximate surface area is 124 Å². The van der Waals surface area contributed by atoms with E-state index in [9.17, 15) is 13.5 Å². The molecule has 0 amide bonds. The Morgan fingerprint density at radius 2 is 1.90 bits per heavy atom. The number of rotatable bonds is 2. The summed E-state index contributed by atoms with van der Waals surface area (Å²) in [5, 5.41) is 18.7. The molecule has 3 rings (SSSR count). The summed E-state index contributed by atoms with van der Waals surface area (Å²) in [7, 11) is -3.56. The summed E-state index contributed by atoms with van der Waals surface area (Å²) in [6, 6.07) is 6.49. The molecule has 21 heavy (non-hydrogen) atoms. The molecule has 2 unspecified atom stereocenters. The summed E-state index contributed by atoms with van der Waals surface area (Å²) in [6.45, 7) is 1.72. The minimum absolute atomic E-state index is 0.0983. The number of aliphatic hydroxyl groups excluding tert-OH is 1. The van der Waals surface area contributed by atoms with E-state index < -0.39 is 16.1 Å². The largest absolute Gasteiger partial charge is 0.393 e. The summed E-state index contributed by atoms with van der Waals surface area (Å²) in [5.41, 5.74) is 1.06. The highest BCUT2D eigenvalue weighted by Crippen LogP contribution is 2.40. The van der Waals surface area contributed by atoms with Gasteiger partial charge < -0.3 is 5.11 Å². The Balaban J connectivity index is 2.00. The smallest absolute Gasteiger partial charge is 0.243 e. The van der Waals surface area contributed by atoms with E-state index in [1.807, 2.05) is 6.07 Å². The molecule has 0 saturated carbocycles. The Kier molecular flexibility index (Phi) is 3.52. The molecule has 6 heteroatoms. The van der Waals surface area contributed by atoms with Gasteiger partial charge in [0.1, 0.15) is 0 Å². The number of benzene rings is 1. The number of sulfonamides is 1. The van der Waals surface area contributed by atoms with Gasteiger partial charge in [-0.15, -0.1) is 0 Å². The molecule has 2 aliphatic rings. The van der Waals surface area contributed by atoms with Crippen molar-refractivity contribution in [2.75, 3.05) is 0 Å². The van der Waals surface area contributed by atoms with Gasteiger partial charge in [-0.2, -0.15) is 9.57 Å². The Hall–Kier alpha value is -1.42. The number of fused-ring (bicyclic) bond motifs is 2. The number of hydrogen-bond donors (Lipinski definition) is 1. The van der Waals surface area contributed by atoms with Gasteiger partial charge in [0.2, 0.25) is 10.0 Å². The van der Waals surface area contributed by atoms with Crippen molar-refractivity contribution in [1.82, 2.24) is 4.31 Å². The van der Waals surface area contributed by atoms with Crippen molar-refractivity contribution in [2.45, 2.75) is 55.7 Å². The molecule has 1 aromatic carbocycles. The normalized spacial score (nSPS) is 29.3. The Bertz CT molecular complexity index is 694. The van der Waals surface area contributed by atoms with Crippen molar-refractivity contribution in [3.05, 3.63) is 29.3 Å². The Morgan fingerprint density at radius 1 is 1.29 bits per heavy atom. The first kappa shape index (κ1) is 14.5. The Morgan fingerprint density at radius 3 is 2.43 bits per heavy atom. The molecule has 2 aliphatic heterocycles. The summed E-state index contributed by atoms with van der Waals surface area (Å²) in [4.78, 5) is 0.273. The van der Waals surface area contributed by atoms with Crippen LogP contribution in [0.1, 0.15) is 36.8 Å². The van der Waals surface area contributed by atoms with Crippen molar-refractivity contribution < 1.29 is 13.5 Å². The summed E-state index contributed by atoms with van der Waals surface area (Å²) >= 11 is 0. The number of nitriles is 1. The summed E-state index contributed by atoms with van der Waals surface area (Å²) in [5.74, 6) is 0. The molecule has 0 aromatic heterocycles. The lowest BCUT2D eigenvalue weighted by Crippen LogP contribution is -2.47. The third-order valence-electron chi connectivity index (χ3n) is 4.50. The van der Waals surface area contributed by atoms with Gasteiger partial charge in [0.25, 0.3) is 0 Å². The highest BCUT2D eigenvalue weighted by atomic mass is 32.2. The number of aryl methyl sites for hydroxylation is 1. The maximum atomic E-state index is 12.9. The van der Waals surface area contributed by atoms with E-state index in [0.29, 0.717) is 24.0 Å². The molecule has 2 atom stereocenters. The molecule has 112 valence electrons. The van der Waals surface area contributed by atoms with Gasteiger partial charge in [0, 0.05) is 12.1 Å². The lowest BCUT2D eigenvalue weighted by Gasteiger charge is -2.36. The molecule has 0 spiro atoms. The van der Waals surface area contributed by atoms with E-state index in [0.717, 1.165) is 12.8 Å². The minimum atomic E-state index is -3.56. The highest BCUT2D eigenvalue weighted by Gasteiger charge is 2.47. The molecule has 2 fully saturated rings. The first-order chi connectivity index (χ1) is 9.93. The van der Waals surface area contributed by atoms with Crippen molar-refractivity contribution in [3.8, 4) is 6.07 Å². The fourth-order valence-corrected chi connectivity index (χ4v) is 5.72. The van der Waals surface area contributed by atoms with Gasteiger partial charge in [-0.25, -0.2) is 8.42 Å². The van der Waals surface area contributed by atoms with Crippen LogP contribution in [-0.2, 0) is 10.0 Å². The van der Waals surface area contributed by atoms with Crippen LogP contribution in [0.15, 0.2) is 23.1 Å². The van der Waals surface area contributed by atoms with Crippen molar-refractivity contribution in [1.29, 1.82) is 5.26 Å². The first-order valence-corrected chi connectivity index (χ1v) is 8.60. The second-order valence-corrected chi connectivity index (χ2v) is 7.75. The molecule has 0 radical (unpaired) electrons. The SMILES string of the molecule is Cc1cc(C#N)ccc1S(=O)(=O)N1C2CCC1CC(O)C2. The number of aliphatic hydroxyl groups is 1. The van der Waals surface area contributed by atoms with Crippen LogP contribution in [0.4, 0.5) is 0 Å². The van der Waals surface area contributed by atoms with E-state index in [2.05, 4.69) is 0 Å². The average Bonchev–Trinajstić information content (AvgIpc) is 2.72. The van der Waals surface area contributed by atoms with Crippen molar-refractivity contribution in [3.63, 3.8) is 0 Å². The van der Waals surface area contributed by atoms with Gasteiger partial charge in [-0.05, 0) is 56.4 Å². The second kappa shape index (κ2) is 5.09. The van der Waals surface area contributed by atoms with Crippen LogP contribution >= 0.6 is 0 Å². The zero-order valence-corrected chi connectivity index (χ0v) is 12.7. The highest BCUT2D eigenvalue weighted by molar-refractivity contribution is 7.89. The van der Waals surface area contributed by atoms with Crippen LogP contribution in [0.2, 0.25) is 0 Å². The van der Waals surface area contributed by atoms with E-state index in [1.165, 1.54) is 6.07 Å². The van der Waals surface area contributed by atoms with Crippen LogP contribution < -0.4 is 0 Å². The third kappa shape index (κ3) is 2.35. The molecule has 2 heterocycles. The van der Waals surface area contributed by atoms with Crippen LogP contribution in [0.25, 0.3) is 0 Å². The monoisotopic (exact) mass is 306 g/mol. The van der Waals surface area contributed by atoms with Crippen LogP contribution in [0, 0.1) is 18.3 Å². The molecule has 1 N–H and O–H groups in total. The number of hydrogen-bond acceptors (Lipinski definition) is 4.